The fraction of sp³-hybridized carbons (Fsp3) is 0.611. The van der Waals surface area contributed by atoms with Gasteiger partial charge >= 0.3 is 6.09 Å². The lowest BCUT2D eigenvalue weighted by molar-refractivity contribution is 0.114. The van der Waals surface area contributed by atoms with Crippen LogP contribution in [0.15, 0.2) is 24.3 Å². The molecular formula is C18H26N2O3. The molecule has 1 aromatic carbocycles. The van der Waals surface area contributed by atoms with E-state index in [2.05, 4.69) is 31.3 Å². The largest absolute Gasteiger partial charge is 0.447 e. The molecule has 5 heteroatoms. The number of cyclic esters (lactones) is 1. The zero-order valence-corrected chi connectivity index (χ0v) is 13.9. The Morgan fingerprint density at radius 3 is 2.78 bits per heavy atom. The molecule has 3 atom stereocenters. The number of hydrogen-bond acceptors (Lipinski definition) is 4. The van der Waals surface area contributed by atoms with E-state index in [4.69, 9.17) is 4.74 Å². The number of benzene rings is 1. The summed E-state index contributed by atoms with van der Waals surface area (Å²) in [6.45, 7) is 5.61. The van der Waals surface area contributed by atoms with Gasteiger partial charge in [-0.1, -0.05) is 25.5 Å². The van der Waals surface area contributed by atoms with Crippen molar-refractivity contribution in [1.82, 2.24) is 5.32 Å². The van der Waals surface area contributed by atoms with E-state index in [-0.39, 0.29) is 24.2 Å². The van der Waals surface area contributed by atoms with Crippen LogP contribution in [0.3, 0.4) is 0 Å². The van der Waals surface area contributed by atoms with E-state index in [0.29, 0.717) is 19.2 Å². The first-order valence-electron chi connectivity index (χ1n) is 8.45. The smallest absolute Gasteiger partial charge is 0.414 e. The van der Waals surface area contributed by atoms with E-state index in [1.807, 2.05) is 12.1 Å². The molecule has 126 valence electrons. The molecule has 3 unspecified atom stereocenters. The normalized spacial score (nSPS) is 28.9. The average molecular weight is 318 g/mol. The number of carbonyl (C=O) groups is 1. The van der Waals surface area contributed by atoms with E-state index in [1.165, 1.54) is 5.56 Å². The van der Waals surface area contributed by atoms with Gasteiger partial charge in [-0.3, -0.25) is 4.90 Å². The summed E-state index contributed by atoms with van der Waals surface area (Å²) in [5.41, 5.74) is 2.05. The molecule has 2 N–H and O–H groups in total. The Balaban J connectivity index is 1.66. The van der Waals surface area contributed by atoms with E-state index in [0.717, 1.165) is 24.9 Å². The van der Waals surface area contributed by atoms with Crippen LogP contribution in [-0.4, -0.2) is 37.0 Å². The highest BCUT2D eigenvalue weighted by molar-refractivity contribution is 5.89. The number of rotatable bonds is 5. The van der Waals surface area contributed by atoms with Crippen molar-refractivity contribution in [3.8, 4) is 0 Å². The lowest BCUT2D eigenvalue weighted by Crippen LogP contribution is -2.42. The van der Waals surface area contributed by atoms with E-state index < -0.39 is 0 Å². The van der Waals surface area contributed by atoms with Crippen molar-refractivity contribution in [2.75, 3.05) is 24.7 Å². The predicted octanol–water partition coefficient (Wildman–Crippen LogP) is 2.84. The van der Waals surface area contributed by atoms with Crippen molar-refractivity contribution >= 4 is 11.8 Å². The molecule has 0 spiro atoms. The number of aliphatic hydroxyl groups excluding tert-OH is 1. The lowest BCUT2D eigenvalue weighted by atomic mass is 9.85. The summed E-state index contributed by atoms with van der Waals surface area (Å²) in [6, 6.07) is 8.62. The quantitative estimate of drug-likeness (QED) is 0.876. The standard InChI is InChI=1S/C18H26N2O3/c1-13(19-16-4-3-9-18(16,2)12-21)14-5-7-15(8-6-14)20-10-11-23-17(20)22/h5-8,13,16,19,21H,3-4,9-12H2,1-2H3. The van der Waals surface area contributed by atoms with Gasteiger partial charge in [-0.15, -0.1) is 0 Å². The summed E-state index contributed by atoms with van der Waals surface area (Å²) >= 11 is 0. The van der Waals surface area contributed by atoms with Crippen LogP contribution < -0.4 is 10.2 Å². The van der Waals surface area contributed by atoms with Crippen LogP contribution in [0.4, 0.5) is 10.5 Å². The fourth-order valence-electron chi connectivity index (χ4n) is 3.68. The van der Waals surface area contributed by atoms with Gasteiger partial charge in [-0.25, -0.2) is 4.79 Å². The van der Waals surface area contributed by atoms with Gasteiger partial charge < -0.3 is 15.2 Å². The van der Waals surface area contributed by atoms with Crippen LogP contribution in [-0.2, 0) is 4.74 Å². The number of amides is 1. The molecule has 5 nitrogen and oxygen atoms in total. The fourth-order valence-corrected chi connectivity index (χ4v) is 3.68. The van der Waals surface area contributed by atoms with Crippen molar-refractivity contribution in [3.63, 3.8) is 0 Å². The van der Waals surface area contributed by atoms with Gasteiger partial charge in [0.05, 0.1) is 6.54 Å². The minimum absolute atomic E-state index is 0.0203. The van der Waals surface area contributed by atoms with Gasteiger partial charge in [0.25, 0.3) is 0 Å². The third-order valence-corrected chi connectivity index (χ3v) is 5.36. The van der Waals surface area contributed by atoms with Crippen LogP contribution in [0, 0.1) is 5.41 Å². The SMILES string of the molecule is CC(NC1CCCC1(C)CO)c1ccc(N2CCOC2=O)cc1. The van der Waals surface area contributed by atoms with Gasteiger partial charge in [-0.05, 0) is 37.5 Å². The third-order valence-electron chi connectivity index (χ3n) is 5.36. The monoisotopic (exact) mass is 318 g/mol. The lowest BCUT2D eigenvalue weighted by Gasteiger charge is -2.33. The molecule has 0 radical (unpaired) electrons. The summed E-state index contributed by atoms with van der Waals surface area (Å²) in [7, 11) is 0. The first-order valence-corrected chi connectivity index (χ1v) is 8.45. The summed E-state index contributed by atoms with van der Waals surface area (Å²) in [5.74, 6) is 0. The molecule has 0 aromatic heterocycles. The molecule has 23 heavy (non-hydrogen) atoms. The second kappa shape index (κ2) is 6.49. The number of nitrogens with zero attached hydrogens (tertiary/aromatic N) is 1. The minimum Gasteiger partial charge on any atom is -0.447 e. The first-order chi connectivity index (χ1) is 11.0. The van der Waals surface area contributed by atoms with Crippen molar-refractivity contribution in [2.45, 2.75) is 45.2 Å². The molecular weight excluding hydrogens is 292 g/mol. The van der Waals surface area contributed by atoms with Crippen molar-refractivity contribution in [1.29, 1.82) is 0 Å². The molecule has 1 aliphatic heterocycles. The Morgan fingerprint density at radius 2 is 2.17 bits per heavy atom. The van der Waals surface area contributed by atoms with E-state index in [1.54, 1.807) is 4.90 Å². The van der Waals surface area contributed by atoms with Crippen LogP contribution in [0.5, 0.6) is 0 Å². The third kappa shape index (κ3) is 3.21. The van der Waals surface area contributed by atoms with E-state index in [9.17, 15) is 9.90 Å². The zero-order chi connectivity index (χ0) is 16.4. The predicted molar refractivity (Wildman–Crippen MR) is 89.5 cm³/mol. The maximum absolute atomic E-state index is 11.6. The Hall–Kier alpha value is -1.59. The molecule has 0 bridgehead atoms. The minimum atomic E-state index is -0.270. The summed E-state index contributed by atoms with van der Waals surface area (Å²) < 4.78 is 4.97. The molecule has 1 saturated heterocycles. The van der Waals surface area contributed by atoms with Crippen LogP contribution in [0.1, 0.15) is 44.7 Å². The molecule has 2 fully saturated rings. The zero-order valence-electron chi connectivity index (χ0n) is 13.9. The Morgan fingerprint density at radius 1 is 1.43 bits per heavy atom. The van der Waals surface area contributed by atoms with Crippen molar-refractivity contribution < 1.29 is 14.6 Å². The number of ether oxygens (including phenoxy) is 1. The number of carbonyl (C=O) groups excluding carboxylic acids is 1. The Bertz CT molecular complexity index is 560. The summed E-state index contributed by atoms with van der Waals surface area (Å²) in [6.07, 6.45) is 3.08. The van der Waals surface area contributed by atoms with Crippen LogP contribution in [0.25, 0.3) is 0 Å². The van der Waals surface area contributed by atoms with Crippen LogP contribution >= 0.6 is 0 Å². The molecule has 1 aromatic rings. The van der Waals surface area contributed by atoms with Gasteiger partial charge in [0, 0.05) is 29.8 Å². The topological polar surface area (TPSA) is 61.8 Å². The molecule has 1 aliphatic carbocycles. The molecule has 2 aliphatic rings. The van der Waals surface area contributed by atoms with Crippen LogP contribution in [0.2, 0.25) is 0 Å². The van der Waals surface area contributed by atoms with Crippen molar-refractivity contribution in [2.24, 2.45) is 5.41 Å². The highest BCUT2D eigenvalue weighted by atomic mass is 16.6. The number of anilines is 1. The average Bonchev–Trinajstić information content (AvgIpc) is 3.14. The number of nitrogens with one attached hydrogen (secondary N) is 1. The van der Waals surface area contributed by atoms with Gasteiger partial charge in [-0.2, -0.15) is 0 Å². The van der Waals surface area contributed by atoms with Gasteiger partial charge in [0.2, 0.25) is 0 Å². The molecule has 1 amide bonds. The Labute approximate surface area is 137 Å². The van der Waals surface area contributed by atoms with Gasteiger partial charge in [0.15, 0.2) is 0 Å². The van der Waals surface area contributed by atoms with Gasteiger partial charge in [0.1, 0.15) is 6.61 Å². The molecule has 1 heterocycles. The summed E-state index contributed by atoms with van der Waals surface area (Å²) in [5, 5.41) is 13.3. The second-order valence-electron chi connectivity index (χ2n) is 7.00. The highest BCUT2D eigenvalue weighted by Crippen LogP contribution is 2.38. The maximum Gasteiger partial charge on any atom is 0.414 e. The summed E-state index contributed by atoms with van der Waals surface area (Å²) in [4.78, 5) is 13.3. The number of hydrogen-bond donors (Lipinski definition) is 2. The van der Waals surface area contributed by atoms with Crippen molar-refractivity contribution in [3.05, 3.63) is 29.8 Å². The number of aliphatic hydroxyl groups is 1. The highest BCUT2D eigenvalue weighted by Gasteiger charge is 2.38. The molecule has 3 rings (SSSR count). The second-order valence-corrected chi connectivity index (χ2v) is 7.00. The van der Waals surface area contributed by atoms with E-state index >= 15 is 0 Å². The first kappa shape index (κ1) is 16.3. The maximum atomic E-state index is 11.6. The Kier molecular flexibility index (Phi) is 4.60. The molecule has 1 saturated carbocycles.